The second-order valence-electron chi connectivity index (χ2n) is 5.99. The SMILES string of the molecule is CC(=NO)c1cc(C)nc(NC(C)C)n1.Cc1ccc(S(=O)(=O)O)cc1. The summed E-state index contributed by atoms with van der Waals surface area (Å²) < 4.78 is 29.6. The Balaban J connectivity index is 0.000000273. The van der Waals surface area contributed by atoms with E-state index in [0.717, 1.165) is 11.3 Å². The maximum absolute atomic E-state index is 10.5. The third kappa shape index (κ3) is 7.16. The predicted molar refractivity (Wildman–Crippen MR) is 101 cm³/mol. The van der Waals surface area contributed by atoms with Gasteiger partial charge in [0.1, 0.15) is 5.71 Å². The lowest BCUT2D eigenvalue weighted by Gasteiger charge is -2.09. The molecule has 0 spiro atoms. The zero-order valence-corrected chi connectivity index (χ0v) is 16.2. The van der Waals surface area contributed by atoms with Crippen LogP contribution in [-0.2, 0) is 10.1 Å². The Bertz CT molecular complexity index is 863. The number of nitrogens with zero attached hydrogens (tertiary/aromatic N) is 3. The minimum Gasteiger partial charge on any atom is -0.411 e. The lowest BCUT2D eigenvalue weighted by molar-refractivity contribution is 0.319. The summed E-state index contributed by atoms with van der Waals surface area (Å²) in [5.74, 6) is 0.558. The van der Waals surface area contributed by atoms with Crippen molar-refractivity contribution < 1.29 is 18.2 Å². The van der Waals surface area contributed by atoms with Crippen molar-refractivity contribution in [2.24, 2.45) is 5.16 Å². The van der Waals surface area contributed by atoms with Crippen molar-refractivity contribution >= 4 is 21.8 Å². The standard InChI is InChI=1S/C10H16N4O.C7H8O3S/c1-6(2)11-10-12-7(3)5-9(13-10)8(4)14-15;1-6-2-4-7(5-3-6)11(8,9)10/h5-6,15H,1-4H3,(H,11,12,13);2-5H,1H3,(H,8,9,10). The van der Waals surface area contributed by atoms with E-state index in [9.17, 15) is 8.42 Å². The Morgan fingerprint density at radius 2 is 1.73 bits per heavy atom. The number of aryl methyl sites for hydroxylation is 2. The zero-order valence-electron chi connectivity index (χ0n) is 15.4. The molecular formula is C17H24N4O4S. The van der Waals surface area contributed by atoms with Crippen LogP contribution < -0.4 is 5.32 Å². The molecule has 0 radical (unpaired) electrons. The van der Waals surface area contributed by atoms with Crippen molar-refractivity contribution in [3.05, 3.63) is 47.3 Å². The van der Waals surface area contributed by atoms with E-state index in [2.05, 4.69) is 20.4 Å². The van der Waals surface area contributed by atoms with Gasteiger partial charge in [0.05, 0.1) is 10.6 Å². The van der Waals surface area contributed by atoms with Crippen LogP contribution in [0.5, 0.6) is 0 Å². The Morgan fingerprint density at radius 3 is 2.19 bits per heavy atom. The molecule has 0 amide bonds. The van der Waals surface area contributed by atoms with Crippen LogP contribution in [0.15, 0.2) is 40.4 Å². The lowest BCUT2D eigenvalue weighted by atomic mass is 10.2. The summed E-state index contributed by atoms with van der Waals surface area (Å²) in [6.07, 6.45) is 0. The molecule has 0 aliphatic heterocycles. The molecule has 142 valence electrons. The first-order valence-corrected chi connectivity index (χ1v) is 9.32. The van der Waals surface area contributed by atoms with E-state index in [4.69, 9.17) is 9.76 Å². The third-order valence-corrected chi connectivity index (χ3v) is 3.98. The van der Waals surface area contributed by atoms with Crippen molar-refractivity contribution in [2.75, 3.05) is 5.32 Å². The van der Waals surface area contributed by atoms with Gasteiger partial charge in [0.15, 0.2) is 0 Å². The third-order valence-electron chi connectivity index (χ3n) is 3.11. The first-order chi connectivity index (χ1) is 12.0. The highest BCUT2D eigenvalue weighted by Gasteiger charge is 2.07. The van der Waals surface area contributed by atoms with Crippen LogP contribution in [0, 0.1) is 13.8 Å². The van der Waals surface area contributed by atoms with Crippen LogP contribution in [0.4, 0.5) is 5.95 Å². The smallest absolute Gasteiger partial charge is 0.294 e. The van der Waals surface area contributed by atoms with Crippen LogP contribution in [0.2, 0.25) is 0 Å². The topological polar surface area (TPSA) is 125 Å². The average Bonchev–Trinajstić information content (AvgIpc) is 2.53. The summed E-state index contributed by atoms with van der Waals surface area (Å²) in [6.45, 7) is 9.44. The van der Waals surface area contributed by atoms with Crippen LogP contribution in [-0.4, -0.2) is 39.9 Å². The minimum absolute atomic E-state index is 0.0666. The molecule has 0 unspecified atom stereocenters. The average molecular weight is 380 g/mol. The van der Waals surface area contributed by atoms with Gasteiger partial charge in [-0.1, -0.05) is 22.9 Å². The van der Waals surface area contributed by atoms with Crippen molar-refractivity contribution in [3.63, 3.8) is 0 Å². The summed E-state index contributed by atoms with van der Waals surface area (Å²) in [5.41, 5.74) is 2.91. The van der Waals surface area contributed by atoms with E-state index in [0.29, 0.717) is 17.4 Å². The maximum atomic E-state index is 10.5. The van der Waals surface area contributed by atoms with Crippen LogP contribution in [0.3, 0.4) is 0 Å². The number of nitrogens with one attached hydrogen (secondary N) is 1. The van der Waals surface area contributed by atoms with Crippen molar-refractivity contribution in [3.8, 4) is 0 Å². The van der Waals surface area contributed by atoms with Gasteiger partial charge in [0, 0.05) is 11.7 Å². The highest BCUT2D eigenvalue weighted by atomic mass is 32.2. The number of hydrogen-bond acceptors (Lipinski definition) is 7. The van der Waals surface area contributed by atoms with Gasteiger partial charge < -0.3 is 10.5 Å². The first-order valence-electron chi connectivity index (χ1n) is 7.88. The van der Waals surface area contributed by atoms with Crippen LogP contribution in [0.1, 0.15) is 37.7 Å². The molecular weight excluding hydrogens is 356 g/mol. The molecule has 1 aromatic heterocycles. The molecule has 0 atom stereocenters. The fourth-order valence-electron chi connectivity index (χ4n) is 1.84. The lowest BCUT2D eigenvalue weighted by Crippen LogP contribution is -2.14. The molecule has 0 aliphatic rings. The number of oxime groups is 1. The van der Waals surface area contributed by atoms with E-state index in [1.165, 1.54) is 12.1 Å². The first kappa shape index (κ1) is 21.5. The molecule has 0 saturated carbocycles. The monoisotopic (exact) mass is 380 g/mol. The van der Waals surface area contributed by atoms with Gasteiger partial charge in [0.2, 0.25) is 5.95 Å². The van der Waals surface area contributed by atoms with E-state index in [-0.39, 0.29) is 10.9 Å². The fourth-order valence-corrected chi connectivity index (χ4v) is 2.32. The summed E-state index contributed by atoms with van der Waals surface area (Å²) in [5, 5.41) is 14.9. The quantitative estimate of drug-likeness (QED) is 0.322. The number of rotatable bonds is 4. The van der Waals surface area contributed by atoms with Gasteiger partial charge in [-0.3, -0.25) is 4.55 Å². The molecule has 8 nitrogen and oxygen atoms in total. The number of benzene rings is 1. The predicted octanol–water partition coefficient (Wildman–Crippen LogP) is 3.05. The molecule has 1 heterocycles. The minimum atomic E-state index is -4.02. The Kier molecular flexibility index (Phi) is 7.66. The summed E-state index contributed by atoms with van der Waals surface area (Å²) in [7, 11) is -4.02. The van der Waals surface area contributed by atoms with Crippen molar-refractivity contribution in [2.45, 2.75) is 45.6 Å². The highest BCUT2D eigenvalue weighted by molar-refractivity contribution is 7.85. The molecule has 1 aromatic carbocycles. The normalized spacial score (nSPS) is 11.7. The summed E-state index contributed by atoms with van der Waals surface area (Å²) in [6, 6.07) is 8.04. The largest absolute Gasteiger partial charge is 0.411 e. The number of anilines is 1. The van der Waals surface area contributed by atoms with E-state index in [1.54, 1.807) is 25.1 Å². The number of hydrogen-bond donors (Lipinski definition) is 3. The Labute approximate surface area is 153 Å². The second kappa shape index (κ2) is 9.25. The van der Waals surface area contributed by atoms with E-state index < -0.39 is 10.1 Å². The van der Waals surface area contributed by atoms with Gasteiger partial charge in [-0.2, -0.15) is 8.42 Å². The van der Waals surface area contributed by atoms with Gasteiger partial charge >= 0.3 is 0 Å². The number of aromatic nitrogens is 2. The molecule has 2 aromatic rings. The van der Waals surface area contributed by atoms with Crippen molar-refractivity contribution in [1.29, 1.82) is 0 Å². The summed E-state index contributed by atoms with van der Waals surface area (Å²) in [4.78, 5) is 8.40. The van der Waals surface area contributed by atoms with E-state index >= 15 is 0 Å². The van der Waals surface area contributed by atoms with E-state index in [1.807, 2.05) is 27.7 Å². The molecule has 2 rings (SSSR count). The zero-order chi connectivity index (χ0) is 19.9. The molecule has 3 N–H and O–H groups in total. The van der Waals surface area contributed by atoms with Crippen LogP contribution >= 0.6 is 0 Å². The van der Waals surface area contributed by atoms with Crippen LogP contribution in [0.25, 0.3) is 0 Å². The second-order valence-corrected chi connectivity index (χ2v) is 7.41. The van der Waals surface area contributed by atoms with Gasteiger partial charge in [-0.15, -0.1) is 0 Å². The Hall–Kier alpha value is -2.52. The molecule has 26 heavy (non-hydrogen) atoms. The summed E-state index contributed by atoms with van der Waals surface area (Å²) >= 11 is 0. The van der Waals surface area contributed by atoms with Crippen molar-refractivity contribution in [1.82, 2.24) is 9.97 Å². The molecule has 0 aliphatic carbocycles. The maximum Gasteiger partial charge on any atom is 0.294 e. The molecule has 0 fully saturated rings. The van der Waals surface area contributed by atoms with Gasteiger partial charge in [-0.25, -0.2) is 9.97 Å². The molecule has 9 heteroatoms. The van der Waals surface area contributed by atoms with Gasteiger partial charge in [-0.05, 0) is 52.8 Å². The fraction of sp³-hybridized carbons (Fsp3) is 0.353. The Morgan fingerprint density at radius 1 is 1.15 bits per heavy atom. The molecule has 0 bridgehead atoms. The van der Waals surface area contributed by atoms with Gasteiger partial charge in [0.25, 0.3) is 10.1 Å². The highest BCUT2D eigenvalue weighted by Crippen LogP contribution is 2.09. The molecule has 0 saturated heterocycles.